The molecular weight excluding hydrogens is 349 g/mol. The van der Waals surface area contributed by atoms with Gasteiger partial charge in [0, 0.05) is 25.7 Å². The number of anilines is 1. The number of alkyl halides is 3. The van der Waals surface area contributed by atoms with Crippen LogP contribution in [-0.2, 0) is 6.18 Å². The van der Waals surface area contributed by atoms with E-state index in [1.165, 1.54) is 0 Å². The third-order valence-corrected chi connectivity index (χ3v) is 5.14. The molecule has 3 rings (SSSR count). The number of nitrogens with zero attached hydrogens (tertiary/aromatic N) is 3. The molecule has 6 nitrogen and oxygen atoms in total. The van der Waals surface area contributed by atoms with Crippen LogP contribution in [0.2, 0.25) is 0 Å². The van der Waals surface area contributed by atoms with E-state index < -0.39 is 17.8 Å². The highest BCUT2D eigenvalue weighted by molar-refractivity contribution is 5.97. The first-order valence-electron chi connectivity index (χ1n) is 8.81. The predicted octanol–water partition coefficient (Wildman–Crippen LogP) is 1.62. The first-order valence-corrected chi connectivity index (χ1v) is 8.81. The van der Waals surface area contributed by atoms with Crippen LogP contribution in [-0.4, -0.2) is 59.2 Å². The molecule has 26 heavy (non-hydrogen) atoms. The van der Waals surface area contributed by atoms with Crippen LogP contribution >= 0.6 is 0 Å². The van der Waals surface area contributed by atoms with E-state index >= 15 is 0 Å². The molecule has 1 atom stereocenters. The number of hydrogen-bond acceptors (Lipinski definition) is 5. The number of β-amino-alcohol motifs (C(OH)–C–C–N with tert-alkyl or cyclic N) is 1. The minimum absolute atomic E-state index is 0.00412. The summed E-state index contributed by atoms with van der Waals surface area (Å²) in [7, 11) is 0. The van der Waals surface area contributed by atoms with Crippen LogP contribution in [0.4, 0.5) is 19.0 Å². The molecule has 3 heterocycles. The fourth-order valence-corrected chi connectivity index (χ4v) is 3.80. The largest absolute Gasteiger partial charge is 0.433 e. The SMILES string of the molecule is NC(=O)c1ccc(C(F)(F)F)nc1N1CCC(N2CCCC(O)C2)CC1. The van der Waals surface area contributed by atoms with Gasteiger partial charge in [-0.15, -0.1) is 0 Å². The summed E-state index contributed by atoms with van der Waals surface area (Å²) in [5.74, 6) is -0.785. The average molecular weight is 372 g/mol. The Morgan fingerprint density at radius 1 is 1.19 bits per heavy atom. The zero-order valence-electron chi connectivity index (χ0n) is 14.4. The van der Waals surface area contributed by atoms with Gasteiger partial charge in [0.25, 0.3) is 5.91 Å². The minimum Gasteiger partial charge on any atom is -0.392 e. The molecule has 9 heteroatoms. The highest BCUT2D eigenvalue weighted by atomic mass is 19.4. The quantitative estimate of drug-likeness (QED) is 0.843. The number of primary amides is 1. The molecule has 2 fully saturated rings. The fourth-order valence-electron chi connectivity index (χ4n) is 3.80. The zero-order valence-corrected chi connectivity index (χ0v) is 14.4. The van der Waals surface area contributed by atoms with Crippen molar-refractivity contribution in [2.75, 3.05) is 31.1 Å². The number of aromatic nitrogens is 1. The van der Waals surface area contributed by atoms with Gasteiger partial charge < -0.3 is 15.7 Å². The maximum absolute atomic E-state index is 13.0. The summed E-state index contributed by atoms with van der Waals surface area (Å²) in [6.45, 7) is 2.55. The summed E-state index contributed by atoms with van der Waals surface area (Å²) in [5, 5.41) is 9.82. The Morgan fingerprint density at radius 2 is 1.88 bits per heavy atom. The second-order valence-corrected chi connectivity index (χ2v) is 6.94. The van der Waals surface area contributed by atoms with Crippen LogP contribution in [0.15, 0.2) is 12.1 Å². The number of pyridine rings is 1. The Hall–Kier alpha value is -1.87. The van der Waals surface area contributed by atoms with Gasteiger partial charge in [-0.1, -0.05) is 0 Å². The van der Waals surface area contributed by atoms with Gasteiger partial charge >= 0.3 is 6.18 Å². The molecule has 0 aliphatic carbocycles. The highest BCUT2D eigenvalue weighted by Crippen LogP contribution is 2.32. The number of rotatable bonds is 3. The van der Waals surface area contributed by atoms with Crippen molar-refractivity contribution in [3.05, 3.63) is 23.4 Å². The first kappa shape index (κ1) is 18.9. The third kappa shape index (κ3) is 4.09. The molecule has 0 bridgehead atoms. The predicted molar refractivity (Wildman–Crippen MR) is 89.8 cm³/mol. The molecule has 3 N–H and O–H groups in total. The lowest BCUT2D eigenvalue weighted by molar-refractivity contribution is -0.141. The van der Waals surface area contributed by atoms with Gasteiger partial charge in [-0.3, -0.25) is 9.69 Å². The van der Waals surface area contributed by atoms with E-state index in [0.29, 0.717) is 19.6 Å². The van der Waals surface area contributed by atoms with Crippen molar-refractivity contribution >= 4 is 11.7 Å². The Labute approximate surface area is 149 Å². The number of nitrogens with two attached hydrogens (primary N) is 1. The number of hydrogen-bond donors (Lipinski definition) is 2. The molecule has 1 aromatic rings. The zero-order chi connectivity index (χ0) is 18.9. The maximum atomic E-state index is 13.0. The first-order chi connectivity index (χ1) is 12.3. The number of likely N-dealkylation sites (tertiary alicyclic amines) is 1. The normalized spacial score (nSPS) is 23.2. The summed E-state index contributed by atoms with van der Waals surface area (Å²) in [5.41, 5.74) is 4.29. The lowest BCUT2D eigenvalue weighted by Crippen LogP contribution is -2.50. The van der Waals surface area contributed by atoms with Crippen LogP contribution in [0.1, 0.15) is 41.7 Å². The average Bonchev–Trinajstić information content (AvgIpc) is 2.60. The highest BCUT2D eigenvalue weighted by Gasteiger charge is 2.35. The standard InChI is InChI=1S/C17H23F3N4O2/c18-17(19,20)14-4-3-13(15(21)26)16(22-14)23-8-5-11(6-9-23)24-7-1-2-12(25)10-24/h3-4,11-12,25H,1-2,5-10H2,(H2,21,26). The van der Waals surface area contributed by atoms with Crippen molar-refractivity contribution in [1.29, 1.82) is 0 Å². The molecular formula is C17H23F3N4O2. The monoisotopic (exact) mass is 372 g/mol. The number of halogens is 3. The summed E-state index contributed by atoms with van der Waals surface area (Å²) in [6.07, 6.45) is -1.65. The van der Waals surface area contributed by atoms with Gasteiger partial charge in [-0.05, 0) is 44.4 Å². The van der Waals surface area contributed by atoms with E-state index in [0.717, 1.165) is 44.4 Å². The number of aliphatic hydroxyl groups is 1. The number of aliphatic hydroxyl groups excluding tert-OH is 1. The number of amides is 1. The molecule has 0 radical (unpaired) electrons. The molecule has 2 saturated heterocycles. The Morgan fingerprint density at radius 3 is 2.46 bits per heavy atom. The van der Waals surface area contributed by atoms with Gasteiger partial charge in [0.15, 0.2) is 0 Å². The molecule has 144 valence electrons. The Balaban J connectivity index is 1.74. The topological polar surface area (TPSA) is 82.7 Å². The van der Waals surface area contributed by atoms with Crippen LogP contribution in [0.3, 0.4) is 0 Å². The fraction of sp³-hybridized carbons (Fsp3) is 0.647. The Bertz CT molecular complexity index is 660. The van der Waals surface area contributed by atoms with Crippen molar-refractivity contribution in [3.63, 3.8) is 0 Å². The molecule has 2 aliphatic heterocycles. The number of carbonyl (C=O) groups is 1. The molecule has 1 unspecified atom stereocenters. The van der Waals surface area contributed by atoms with Gasteiger partial charge in [0.05, 0.1) is 11.7 Å². The van der Waals surface area contributed by atoms with E-state index in [4.69, 9.17) is 5.73 Å². The van der Waals surface area contributed by atoms with E-state index in [-0.39, 0.29) is 23.5 Å². The summed E-state index contributed by atoms with van der Waals surface area (Å²) >= 11 is 0. The molecule has 0 aromatic carbocycles. The van der Waals surface area contributed by atoms with Crippen molar-refractivity contribution in [2.24, 2.45) is 5.73 Å². The van der Waals surface area contributed by atoms with E-state index in [9.17, 15) is 23.1 Å². The Kier molecular flexibility index (Phi) is 5.38. The van der Waals surface area contributed by atoms with Gasteiger partial charge in [-0.2, -0.15) is 13.2 Å². The van der Waals surface area contributed by atoms with Crippen LogP contribution < -0.4 is 10.6 Å². The van der Waals surface area contributed by atoms with Gasteiger partial charge in [0.1, 0.15) is 11.5 Å². The lowest BCUT2D eigenvalue weighted by atomic mass is 9.98. The number of carbonyl (C=O) groups excluding carboxylic acids is 1. The minimum atomic E-state index is -4.58. The van der Waals surface area contributed by atoms with E-state index in [1.54, 1.807) is 4.90 Å². The lowest BCUT2D eigenvalue weighted by Gasteiger charge is -2.42. The smallest absolute Gasteiger partial charge is 0.392 e. The maximum Gasteiger partial charge on any atom is 0.433 e. The van der Waals surface area contributed by atoms with Crippen LogP contribution in [0.25, 0.3) is 0 Å². The van der Waals surface area contributed by atoms with Gasteiger partial charge in [0.2, 0.25) is 0 Å². The number of piperidine rings is 2. The van der Waals surface area contributed by atoms with Crippen molar-refractivity contribution in [3.8, 4) is 0 Å². The van der Waals surface area contributed by atoms with E-state index in [1.807, 2.05) is 0 Å². The van der Waals surface area contributed by atoms with Crippen molar-refractivity contribution in [1.82, 2.24) is 9.88 Å². The summed E-state index contributed by atoms with van der Waals surface area (Å²) in [6, 6.07) is 2.16. The summed E-state index contributed by atoms with van der Waals surface area (Å²) in [4.78, 5) is 19.2. The second kappa shape index (κ2) is 7.40. The third-order valence-electron chi connectivity index (χ3n) is 5.14. The van der Waals surface area contributed by atoms with Crippen molar-refractivity contribution < 1.29 is 23.1 Å². The second-order valence-electron chi connectivity index (χ2n) is 6.94. The van der Waals surface area contributed by atoms with Crippen molar-refractivity contribution in [2.45, 2.75) is 44.0 Å². The van der Waals surface area contributed by atoms with Crippen LogP contribution in [0.5, 0.6) is 0 Å². The molecule has 2 aliphatic rings. The van der Waals surface area contributed by atoms with Gasteiger partial charge in [-0.25, -0.2) is 4.98 Å². The molecule has 0 spiro atoms. The van der Waals surface area contributed by atoms with E-state index in [2.05, 4.69) is 9.88 Å². The molecule has 1 amide bonds. The summed E-state index contributed by atoms with van der Waals surface area (Å²) < 4.78 is 38.9. The molecule has 0 saturated carbocycles. The van der Waals surface area contributed by atoms with Crippen LogP contribution in [0, 0.1) is 0 Å². The molecule has 1 aromatic heterocycles.